The van der Waals surface area contributed by atoms with Crippen molar-refractivity contribution in [2.45, 2.75) is 13.3 Å². The number of hydrogen-bond acceptors (Lipinski definition) is 2. The van der Waals surface area contributed by atoms with Crippen LogP contribution in [0.5, 0.6) is 5.75 Å². The van der Waals surface area contributed by atoms with E-state index in [2.05, 4.69) is 6.58 Å². The second-order valence-electron chi connectivity index (χ2n) is 2.59. The Morgan fingerprint density at radius 1 is 1.38 bits per heavy atom. The minimum Gasteiger partial charge on any atom is -0.337 e. The smallest absolute Gasteiger partial charge is 0.168 e. The molecule has 13 heavy (non-hydrogen) atoms. The van der Waals surface area contributed by atoms with E-state index in [1.807, 2.05) is 37.3 Å². The first kappa shape index (κ1) is 9.81. The van der Waals surface area contributed by atoms with Crippen LogP contribution in [0.2, 0.25) is 0 Å². The summed E-state index contributed by atoms with van der Waals surface area (Å²) < 4.78 is 0. The van der Waals surface area contributed by atoms with Gasteiger partial charge in [0.05, 0.1) is 6.61 Å². The van der Waals surface area contributed by atoms with Gasteiger partial charge in [0.25, 0.3) is 0 Å². The summed E-state index contributed by atoms with van der Waals surface area (Å²) in [7, 11) is 0. The third-order valence-corrected chi connectivity index (χ3v) is 1.60. The van der Waals surface area contributed by atoms with Gasteiger partial charge in [0.1, 0.15) is 0 Å². The molecule has 0 aliphatic carbocycles. The van der Waals surface area contributed by atoms with Crippen LogP contribution in [0.25, 0.3) is 0 Å². The largest absolute Gasteiger partial charge is 0.337 e. The van der Waals surface area contributed by atoms with Crippen LogP contribution in [-0.2, 0) is 11.3 Å². The first-order valence-corrected chi connectivity index (χ1v) is 4.36. The van der Waals surface area contributed by atoms with Crippen LogP contribution in [0.1, 0.15) is 12.5 Å². The van der Waals surface area contributed by atoms with Crippen molar-refractivity contribution >= 4 is 0 Å². The van der Waals surface area contributed by atoms with Gasteiger partial charge in [-0.05, 0) is 19.4 Å². The molecular weight excluding hydrogens is 164 g/mol. The Kier molecular flexibility index (Phi) is 4.06. The van der Waals surface area contributed by atoms with Gasteiger partial charge in [-0.3, -0.25) is 0 Å². The average molecular weight is 178 g/mol. The molecular formula is C11H14O2. The fourth-order valence-electron chi connectivity index (χ4n) is 1.03. The standard InChI is InChI=1S/C11H14O2/c1-3-7-10-8-5-6-9-11(10)13-12-4-2/h3,5-6,8-9H,1,4,7H2,2H3. The molecule has 2 nitrogen and oxygen atoms in total. The summed E-state index contributed by atoms with van der Waals surface area (Å²) >= 11 is 0. The number of benzene rings is 1. The van der Waals surface area contributed by atoms with Gasteiger partial charge in [-0.1, -0.05) is 24.3 Å². The molecule has 0 bridgehead atoms. The molecule has 0 heterocycles. The number of hydrogen-bond donors (Lipinski definition) is 0. The van der Waals surface area contributed by atoms with Crippen molar-refractivity contribution in [3.05, 3.63) is 42.5 Å². The van der Waals surface area contributed by atoms with Crippen molar-refractivity contribution in [3.8, 4) is 5.75 Å². The lowest BCUT2D eigenvalue weighted by atomic mass is 10.1. The maximum atomic E-state index is 5.09. The summed E-state index contributed by atoms with van der Waals surface area (Å²) in [6.45, 7) is 6.11. The lowest BCUT2D eigenvalue weighted by Crippen LogP contribution is -1.98. The number of rotatable bonds is 5. The molecule has 1 aromatic rings. The van der Waals surface area contributed by atoms with Gasteiger partial charge in [-0.15, -0.1) is 6.58 Å². The van der Waals surface area contributed by atoms with Crippen molar-refractivity contribution in [1.29, 1.82) is 0 Å². The van der Waals surface area contributed by atoms with Gasteiger partial charge in [0, 0.05) is 5.56 Å². The third-order valence-electron chi connectivity index (χ3n) is 1.60. The second-order valence-corrected chi connectivity index (χ2v) is 2.59. The molecule has 0 amide bonds. The molecule has 1 aromatic carbocycles. The summed E-state index contributed by atoms with van der Waals surface area (Å²) in [5.41, 5.74) is 1.09. The third kappa shape index (κ3) is 2.92. The van der Waals surface area contributed by atoms with Crippen LogP contribution in [0.15, 0.2) is 36.9 Å². The normalized spacial score (nSPS) is 9.62. The van der Waals surface area contributed by atoms with Gasteiger partial charge in [0.15, 0.2) is 5.75 Å². The van der Waals surface area contributed by atoms with E-state index in [-0.39, 0.29) is 0 Å². The summed E-state index contributed by atoms with van der Waals surface area (Å²) in [6, 6.07) is 7.77. The zero-order valence-corrected chi connectivity index (χ0v) is 7.82. The second kappa shape index (κ2) is 5.38. The Morgan fingerprint density at radius 3 is 2.85 bits per heavy atom. The van der Waals surface area contributed by atoms with E-state index >= 15 is 0 Å². The Morgan fingerprint density at radius 2 is 2.15 bits per heavy atom. The molecule has 0 atom stereocenters. The molecule has 0 unspecified atom stereocenters. The van der Waals surface area contributed by atoms with Crippen molar-refractivity contribution in [1.82, 2.24) is 0 Å². The van der Waals surface area contributed by atoms with E-state index in [0.717, 1.165) is 17.7 Å². The van der Waals surface area contributed by atoms with Gasteiger partial charge in [-0.25, -0.2) is 0 Å². The molecule has 2 heteroatoms. The van der Waals surface area contributed by atoms with Crippen LogP contribution in [0, 0.1) is 0 Å². The van der Waals surface area contributed by atoms with Crippen LogP contribution in [0.4, 0.5) is 0 Å². The maximum Gasteiger partial charge on any atom is 0.168 e. The van der Waals surface area contributed by atoms with E-state index in [1.165, 1.54) is 0 Å². The highest BCUT2D eigenvalue weighted by Crippen LogP contribution is 2.18. The summed E-state index contributed by atoms with van der Waals surface area (Å²) in [5.74, 6) is 0.768. The Balaban J connectivity index is 2.71. The van der Waals surface area contributed by atoms with Gasteiger partial charge < -0.3 is 4.89 Å². The van der Waals surface area contributed by atoms with Crippen molar-refractivity contribution in [3.63, 3.8) is 0 Å². The highest BCUT2D eigenvalue weighted by molar-refractivity contribution is 5.34. The predicted octanol–water partition coefficient (Wildman–Crippen LogP) is 2.75. The van der Waals surface area contributed by atoms with Gasteiger partial charge in [0.2, 0.25) is 0 Å². The van der Waals surface area contributed by atoms with Gasteiger partial charge >= 0.3 is 0 Å². The quantitative estimate of drug-likeness (QED) is 0.392. The fourth-order valence-corrected chi connectivity index (χ4v) is 1.03. The molecule has 0 aromatic heterocycles. The monoisotopic (exact) mass is 178 g/mol. The first-order valence-electron chi connectivity index (χ1n) is 4.36. The van der Waals surface area contributed by atoms with Crippen molar-refractivity contribution in [2.75, 3.05) is 6.61 Å². The number of para-hydroxylation sites is 1. The average Bonchev–Trinajstić information content (AvgIpc) is 2.17. The van der Waals surface area contributed by atoms with E-state index < -0.39 is 0 Å². The summed E-state index contributed by atoms with van der Waals surface area (Å²) in [4.78, 5) is 9.96. The highest BCUT2D eigenvalue weighted by Gasteiger charge is 2.00. The number of allylic oxidation sites excluding steroid dienone is 1. The van der Waals surface area contributed by atoms with E-state index in [1.54, 1.807) is 0 Å². The molecule has 0 aliphatic rings. The summed E-state index contributed by atoms with van der Waals surface area (Å²) in [6.07, 6.45) is 2.64. The minimum absolute atomic E-state index is 0.544. The molecule has 0 spiro atoms. The molecule has 0 saturated carbocycles. The van der Waals surface area contributed by atoms with Crippen molar-refractivity contribution in [2.24, 2.45) is 0 Å². The maximum absolute atomic E-state index is 5.09. The molecule has 0 saturated heterocycles. The van der Waals surface area contributed by atoms with Crippen molar-refractivity contribution < 1.29 is 9.78 Å². The summed E-state index contributed by atoms with van der Waals surface area (Å²) in [5, 5.41) is 0. The molecule has 70 valence electrons. The van der Waals surface area contributed by atoms with Crippen LogP contribution < -0.4 is 4.89 Å². The zero-order chi connectivity index (χ0) is 9.52. The lowest BCUT2D eigenvalue weighted by Gasteiger charge is -2.06. The van der Waals surface area contributed by atoms with E-state index in [0.29, 0.717) is 6.61 Å². The first-order chi connectivity index (χ1) is 6.38. The molecule has 0 aliphatic heterocycles. The Labute approximate surface area is 78.7 Å². The van der Waals surface area contributed by atoms with Crippen LogP contribution in [0.3, 0.4) is 0 Å². The molecule has 0 fully saturated rings. The van der Waals surface area contributed by atoms with Crippen LogP contribution >= 0.6 is 0 Å². The SMILES string of the molecule is C=CCc1ccccc1OOCC. The fraction of sp³-hybridized carbons (Fsp3) is 0.273. The van der Waals surface area contributed by atoms with Crippen LogP contribution in [-0.4, -0.2) is 6.61 Å². The molecule has 0 N–H and O–H groups in total. The minimum atomic E-state index is 0.544. The molecule has 0 radical (unpaired) electrons. The Hall–Kier alpha value is -1.28. The molecule has 1 rings (SSSR count). The zero-order valence-electron chi connectivity index (χ0n) is 7.82. The van der Waals surface area contributed by atoms with E-state index in [4.69, 9.17) is 9.78 Å². The lowest BCUT2D eigenvalue weighted by molar-refractivity contribution is -0.202. The Bertz CT molecular complexity index is 269. The highest BCUT2D eigenvalue weighted by atomic mass is 17.2. The van der Waals surface area contributed by atoms with Gasteiger partial charge in [-0.2, -0.15) is 4.89 Å². The van der Waals surface area contributed by atoms with E-state index in [9.17, 15) is 0 Å². The topological polar surface area (TPSA) is 18.5 Å². The predicted molar refractivity (Wildman–Crippen MR) is 52.6 cm³/mol.